The molecule has 2 N–H and O–H groups in total. The molecule has 2 aromatic rings. The van der Waals surface area contributed by atoms with Crippen molar-refractivity contribution in [2.45, 2.75) is 6.92 Å². The topological polar surface area (TPSA) is 89.0 Å². The van der Waals surface area contributed by atoms with Crippen LogP contribution in [-0.4, -0.2) is 31.7 Å². The molecule has 8 heteroatoms. The number of benzene rings is 2. The summed E-state index contributed by atoms with van der Waals surface area (Å²) in [5.74, 6) is -0.845. The van der Waals surface area contributed by atoms with Gasteiger partial charge < -0.3 is 14.8 Å². The maximum Gasteiger partial charge on any atom is 0.329 e. The van der Waals surface area contributed by atoms with E-state index < -0.39 is 11.8 Å². The van der Waals surface area contributed by atoms with E-state index in [1.807, 2.05) is 24.3 Å². The maximum atomic E-state index is 12.1. The van der Waals surface area contributed by atoms with E-state index in [4.69, 9.17) is 9.47 Å². The Morgan fingerprint density at radius 1 is 1.00 bits per heavy atom. The van der Waals surface area contributed by atoms with Gasteiger partial charge in [0.25, 0.3) is 0 Å². The molecular formula is C18H18BrN3O4. The van der Waals surface area contributed by atoms with Gasteiger partial charge in [-0.15, -0.1) is 0 Å². The molecule has 0 unspecified atom stereocenters. The molecule has 0 aliphatic rings. The summed E-state index contributed by atoms with van der Waals surface area (Å²) >= 11 is 3.35. The maximum absolute atomic E-state index is 12.1. The first-order valence-electron chi connectivity index (χ1n) is 7.58. The van der Waals surface area contributed by atoms with E-state index in [0.29, 0.717) is 22.9 Å². The molecule has 26 heavy (non-hydrogen) atoms. The number of amides is 2. The Labute approximate surface area is 159 Å². The van der Waals surface area contributed by atoms with E-state index in [1.165, 1.54) is 14.2 Å². The zero-order valence-corrected chi connectivity index (χ0v) is 16.1. The Balaban J connectivity index is 2.05. The molecular weight excluding hydrogens is 402 g/mol. The number of carbonyl (C=O) groups excluding carboxylic acids is 2. The van der Waals surface area contributed by atoms with Crippen LogP contribution >= 0.6 is 15.9 Å². The minimum atomic E-state index is -0.897. The predicted octanol–water partition coefficient (Wildman–Crippen LogP) is 2.95. The van der Waals surface area contributed by atoms with Crippen molar-refractivity contribution in [3.63, 3.8) is 0 Å². The van der Waals surface area contributed by atoms with Crippen LogP contribution in [0.2, 0.25) is 0 Å². The third kappa shape index (κ3) is 5.06. The lowest BCUT2D eigenvalue weighted by molar-refractivity contribution is -0.136. The third-order valence-corrected chi connectivity index (χ3v) is 3.98. The number of methoxy groups -OCH3 is 2. The highest BCUT2D eigenvalue weighted by atomic mass is 79.9. The smallest absolute Gasteiger partial charge is 0.329 e. The molecule has 2 amide bonds. The van der Waals surface area contributed by atoms with E-state index in [0.717, 1.165) is 10.0 Å². The predicted molar refractivity (Wildman–Crippen MR) is 103 cm³/mol. The van der Waals surface area contributed by atoms with Gasteiger partial charge in [0.15, 0.2) is 0 Å². The highest BCUT2D eigenvalue weighted by Crippen LogP contribution is 2.28. The van der Waals surface area contributed by atoms with E-state index >= 15 is 0 Å². The van der Waals surface area contributed by atoms with Gasteiger partial charge in [0, 0.05) is 10.5 Å². The van der Waals surface area contributed by atoms with Crippen molar-refractivity contribution in [3.05, 3.63) is 52.5 Å². The van der Waals surface area contributed by atoms with Crippen molar-refractivity contribution >= 4 is 39.1 Å². The van der Waals surface area contributed by atoms with Crippen LogP contribution in [0.4, 0.5) is 5.69 Å². The number of hydrazone groups is 1. The number of carbonyl (C=O) groups is 2. The average molecular weight is 420 g/mol. The molecule has 7 nitrogen and oxygen atoms in total. The van der Waals surface area contributed by atoms with E-state index in [9.17, 15) is 9.59 Å². The molecule has 0 aliphatic heterocycles. The van der Waals surface area contributed by atoms with Gasteiger partial charge in [0.2, 0.25) is 0 Å². The second kappa shape index (κ2) is 9.00. The lowest BCUT2D eigenvalue weighted by Crippen LogP contribution is -2.33. The van der Waals surface area contributed by atoms with E-state index in [-0.39, 0.29) is 0 Å². The number of hydrogen-bond donors (Lipinski definition) is 2. The molecule has 136 valence electrons. The first-order chi connectivity index (χ1) is 12.4. The van der Waals surface area contributed by atoms with Gasteiger partial charge in [0.05, 0.1) is 25.6 Å². The summed E-state index contributed by atoms with van der Waals surface area (Å²) in [6.07, 6.45) is 0. The molecule has 0 fully saturated rings. The fraction of sp³-hybridized carbons (Fsp3) is 0.167. The molecule has 2 rings (SSSR count). The molecule has 0 radical (unpaired) electrons. The number of nitrogens with zero attached hydrogens (tertiary/aromatic N) is 1. The van der Waals surface area contributed by atoms with Crippen LogP contribution in [0.25, 0.3) is 0 Å². The zero-order valence-electron chi connectivity index (χ0n) is 14.5. The Morgan fingerprint density at radius 2 is 1.69 bits per heavy atom. The molecule has 0 saturated heterocycles. The van der Waals surface area contributed by atoms with Gasteiger partial charge in [0.1, 0.15) is 11.5 Å². The van der Waals surface area contributed by atoms with Crippen molar-refractivity contribution in [1.82, 2.24) is 5.43 Å². The first-order valence-corrected chi connectivity index (χ1v) is 8.37. The molecule has 0 aromatic heterocycles. The van der Waals surface area contributed by atoms with Crippen LogP contribution in [0.3, 0.4) is 0 Å². The second-order valence-electron chi connectivity index (χ2n) is 5.17. The molecule has 0 atom stereocenters. The molecule has 0 spiro atoms. The van der Waals surface area contributed by atoms with Crippen molar-refractivity contribution in [2.24, 2.45) is 5.10 Å². The number of rotatable bonds is 5. The van der Waals surface area contributed by atoms with Crippen molar-refractivity contribution in [3.8, 4) is 11.5 Å². The number of nitrogens with one attached hydrogen (secondary N) is 2. The van der Waals surface area contributed by atoms with Crippen molar-refractivity contribution < 1.29 is 19.1 Å². The Bertz CT molecular complexity index is 835. The minimum absolute atomic E-state index is 0.320. The lowest BCUT2D eigenvalue weighted by Gasteiger charge is -2.11. The zero-order chi connectivity index (χ0) is 19.1. The highest BCUT2D eigenvalue weighted by Gasteiger charge is 2.16. The SMILES string of the molecule is COc1ccc(OC)c(NC(=O)C(=O)NN=C(C)c2ccc(Br)cc2)c1. The largest absolute Gasteiger partial charge is 0.497 e. The normalized spacial score (nSPS) is 10.8. The van der Waals surface area contributed by atoms with E-state index in [2.05, 4.69) is 31.8 Å². The third-order valence-electron chi connectivity index (χ3n) is 3.45. The molecule has 0 aliphatic carbocycles. The van der Waals surface area contributed by atoms with Gasteiger partial charge in [-0.1, -0.05) is 28.1 Å². The Hall–Kier alpha value is -2.87. The van der Waals surface area contributed by atoms with Crippen LogP contribution < -0.4 is 20.2 Å². The molecule has 0 bridgehead atoms. The van der Waals surface area contributed by atoms with Crippen molar-refractivity contribution in [2.75, 3.05) is 19.5 Å². The quantitative estimate of drug-likeness (QED) is 0.442. The number of anilines is 1. The Morgan fingerprint density at radius 3 is 2.31 bits per heavy atom. The summed E-state index contributed by atoms with van der Waals surface area (Å²) in [5.41, 5.74) is 3.94. The van der Waals surface area contributed by atoms with Gasteiger partial charge in [-0.05, 0) is 36.8 Å². The number of hydrogen-bond acceptors (Lipinski definition) is 5. The second-order valence-corrected chi connectivity index (χ2v) is 6.08. The summed E-state index contributed by atoms with van der Waals surface area (Å²) in [5, 5.41) is 6.42. The lowest BCUT2D eigenvalue weighted by atomic mass is 10.1. The highest BCUT2D eigenvalue weighted by molar-refractivity contribution is 9.10. The number of ether oxygens (including phenoxy) is 2. The summed E-state index contributed by atoms with van der Waals surface area (Å²) < 4.78 is 11.2. The fourth-order valence-corrected chi connectivity index (χ4v) is 2.30. The van der Waals surface area contributed by atoms with Crippen molar-refractivity contribution in [1.29, 1.82) is 0 Å². The van der Waals surface area contributed by atoms with Gasteiger partial charge in [-0.25, -0.2) is 5.43 Å². The summed E-state index contributed by atoms with van der Waals surface area (Å²) in [6, 6.07) is 12.3. The van der Waals surface area contributed by atoms with Crippen LogP contribution in [-0.2, 0) is 9.59 Å². The van der Waals surface area contributed by atoms with Crippen LogP contribution in [0.15, 0.2) is 52.0 Å². The van der Waals surface area contributed by atoms with Crippen LogP contribution in [0, 0.1) is 0 Å². The number of halogens is 1. The Kier molecular flexibility index (Phi) is 6.74. The average Bonchev–Trinajstić information content (AvgIpc) is 2.66. The molecule has 0 heterocycles. The monoisotopic (exact) mass is 419 g/mol. The minimum Gasteiger partial charge on any atom is -0.497 e. The van der Waals surface area contributed by atoms with E-state index in [1.54, 1.807) is 25.1 Å². The molecule has 0 saturated carbocycles. The summed E-state index contributed by atoms with van der Waals surface area (Å²) in [7, 11) is 2.96. The van der Waals surface area contributed by atoms with Gasteiger partial charge >= 0.3 is 11.8 Å². The van der Waals surface area contributed by atoms with Gasteiger partial charge in [-0.3, -0.25) is 9.59 Å². The first kappa shape index (κ1) is 19.5. The fourth-order valence-electron chi connectivity index (χ4n) is 2.03. The summed E-state index contributed by atoms with van der Waals surface area (Å²) in [4.78, 5) is 24.1. The van der Waals surface area contributed by atoms with Crippen LogP contribution in [0.5, 0.6) is 11.5 Å². The van der Waals surface area contributed by atoms with Crippen LogP contribution in [0.1, 0.15) is 12.5 Å². The standard InChI is InChI=1S/C18H18BrN3O4/c1-11(12-4-6-13(19)7-5-12)21-22-18(24)17(23)20-15-10-14(25-2)8-9-16(15)26-3/h4-10H,1-3H3,(H,20,23)(H,22,24). The van der Waals surface area contributed by atoms with Gasteiger partial charge in [-0.2, -0.15) is 5.10 Å². The summed E-state index contributed by atoms with van der Waals surface area (Å²) in [6.45, 7) is 1.73. The molecule has 2 aromatic carbocycles.